The molecule has 1 N–H and O–H groups in total. The second-order valence-corrected chi connectivity index (χ2v) is 8.11. The van der Waals surface area contributed by atoms with Gasteiger partial charge < -0.3 is 10.1 Å². The Morgan fingerprint density at radius 3 is 2.31 bits per heavy atom. The summed E-state index contributed by atoms with van der Waals surface area (Å²) in [6.07, 6.45) is 1.53. The van der Waals surface area contributed by atoms with E-state index in [9.17, 15) is 9.59 Å². The number of ether oxygens (including phenoxy) is 1. The number of benzene rings is 1. The Labute approximate surface area is 167 Å². The van der Waals surface area contributed by atoms with Gasteiger partial charge in [0.1, 0.15) is 10.6 Å². The highest BCUT2D eigenvalue weighted by molar-refractivity contribution is 9.10. The average Bonchev–Trinajstić information content (AvgIpc) is 2.93. The van der Waals surface area contributed by atoms with Gasteiger partial charge in [0.05, 0.1) is 6.61 Å². The molecule has 0 saturated heterocycles. The molecule has 0 fully saturated rings. The van der Waals surface area contributed by atoms with Crippen molar-refractivity contribution in [3.8, 4) is 11.1 Å². The molecule has 0 aliphatic carbocycles. The molecule has 0 bridgehead atoms. The maximum absolute atomic E-state index is 12.7. The summed E-state index contributed by atoms with van der Waals surface area (Å²) in [4.78, 5) is 26.2. The van der Waals surface area contributed by atoms with Crippen molar-refractivity contribution < 1.29 is 14.3 Å². The van der Waals surface area contributed by atoms with E-state index in [-0.39, 0.29) is 18.4 Å². The molecule has 2 aromatic rings. The first-order valence-corrected chi connectivity index (χ1v) is 10.4. The third kappa shape index (κ3) is 4.54. The summed E-state index contributed by atoms with van der Waals surface area (Å²) in [5, 5.41) is 3.53. The first-order valence-electron chi connectivity index (χ1n) is 8.80. The zero-order chi connectivity index (χ0) is 19.3. The Morgan fingerprint density at radius 1 is 1.15 bits per heavy atom. The van der Waals surface area contributed by atoms with Gasteiger partial charge >= 0.3 is 5.97 Å². The minimum Gasteiger partial charge on any atom is -0.462 e. The van der Waals surface area contributed by atoms with Crippen LogP contribution in [-0.2, 0) is 9.53 Å². The van der Waals surface area contributed by atoms with Crippen LogP contribution in [0.1, 0.15) is 48.8 Å². The van der Waals surface area contributed by atoms with Crippen LogP contribution in [-0.4, -0.2) is 18.5 Å². The quantitative estimate of drug-likeness (QED) is 0.537. The van der Waals surface area contributed by atoms with E-state index < -0.39 is 5.97 Å². The highest BCUT2D eigenvalue weighted by atomic mass is 79.9. The van der Waals surface area contributed by atoms with Crippen LogP contribution >= 0.6 is 27.3 Å². The normalized spacial score (nSPS) is 10.8. The summed E-state index contributed by atoms with van der Waals surface area (Å²) in [6, 6.07) is 7.77. The van der Waals surface area contributed by atoms with Crippen molar-refractivity contribution in [2.24, 2.45) is 5.92 Å². The molecule has 1 amide bonds. The lowest BCUT2D eigenvalue weighted by atomic mass is 10.0. The van der Waals surface area contributed by atoms with Gasteiger partial charge in [0, 0.05) is 20.8 Å². The number of carbonyl (C=O) groups excluding carboxylic acids is 2. The monoisotopic (exact) mass is 437 g/mol. The standard InChI is InChI=1S/C20H24BrNO3S/c1-5-13(6-2)18(23)22-19-17(20(24)25-7-3)16(12(4)26-19)14-8-10-15(21)11-9-14/h8-11,13H,5-7H2,1-4H3,(H,22,23). The van der Waals surface area contributed by atoms with Crippen LogP contribution in [0.3, 0.4) is 0 Å². The van der Waals surface area contributed by atoms with Crippen molar-refractivity contribution in [3.05, 3.63) is 39.2 Å². The molecule has 1 aromatic heterocycles. The van der Waals surface area contributed by atoms with Gasteiger partial charge in [-0.2, -0.15) is 0 Å². The topological polar surface area (TPSA) is 55.4 Å². The molecule has 4 nitrogen and oxygen atoms in total. The number of amides is 1. The van der Waals surface area contributed by atoms with E-state index in [4.69, 9.17) is 4.74 Å². The molecule has 0 unspecified atom stereocenters. The second kappa shape index (κ2) is 9.33. The Kier molecular flexibility index (Phi) is 7.41. The van der Waals surface area contributed by atoms with Gasteiger partial charge in [0.25, 0.3) is 0 Å². The Bertz CT molecular complexity index is 779. The third-order valence-electron chi connectivity index (χ3n) is 4.29. The number of hydrogen-bond donors (Lipinski definition) is 1. The molecule has 140 valence electrons. The van der Waals surface area contributed by atoms with E-state index >= 15 is 0 Å². The lowest BCUT2D eigenvalue weighted by Gasteiger charge is -2.13. The van der Waals surface area contributed by atoms with Crippen LogP contribution in [0.15, 0.2) is 28.7 Å². The second-order valence-electron chi connectivity index (χ2n) is 5.97. The van der Waals surface area contributed by atoms with Crippen molar-refractivity contribution in [2.75, 3.05) is 11.9 Å². The molecule has 0 radical (unpaired) electrons. The van der Waals surface area contributed by atoms with Crippen LogP contribution in [0.2, 0.25) is 0 Å². The Hall–Kier alpha value is -1.66. The first kappa shape index (κ1) is 20.6. The summed E-state index contributed by atoms with van der Waals surface area (Å²) < 4.78 is 6.24. The Morgan fingerprint density at radius 2 is 1.77 bits per heavy atom. The molecule has 0 spiro atoms. The van der Waals surface area contributed by atoms with Crippen molar-refractivity contribution >= 4 is 44.1 Å². The van der Waals surface area contributed by atoms with Crippen LogP contribution < -0.4 is 5.32 Å². The molecule has 0 atom stereocenters. The zero-order valence-electron chi connectivity index (χ0n) is 15.5. The summed E-state index contributed by atoms with van der Waals surface area (Å²) in [5.41, 5.74) is 2.19. The van der Waals surface area contributed by atoms with E-state index in [2.05, 4.69) is 21.2 Å². The van der Waals surface area contributed by atoms with Crippen molar-refractivity contribution in [3.63, 3.8) is 0 Å². The van der Waals surface area contributed by atoms with E-state index in [0.717, 1.165) is 33.3 Å². The zero-order valence-corrected chi connectivity index (χ0v) is 17.9. The molecule has 6 heteroatoms. The number of thiophene rings is 1. The Balaban J connectivity index is 2.52. The number of hydrogen-bond acceptors (Lipinski definition) is 4. The molecule has 26 heavy (non-hydrogen) atoms. The van der Waals surface area contributed by atoms with E-state index in [1.165, 1.54) is 11.3 Å². The fourth-order valence-electron chi connectivity index (χ4n) is 2.87. The van der Waals surface area contributed by atoms with Gasteiger partial charge in [-0.1, -0.05) is 41.9 Å². The molecular formula is C20H24BrNO3S. The maximum atomic E-state index is 12.7. The van der Waals surface area contributed by atoms with E-state index in [0.29, 0.717) is 10.6 Å². The maximum Gasteiger partial charge on any atom is 0.341 e. The van der Waals surface area contributed by atoms with Gasteiger partial charge in [-0.25, -0.2) is 4.79 Å². The lowest BCUT2D eigenvalue weighted by molar-refractivity contribution is -0.120. The third-order valence-corrected chi connectivity index (χ3v) is 5.84. The van der Waals surface area contributed by atoms with E-state index in [1.807, 2.05) is 45.0 Å². The summed E-state index contributed by atoms with van der Waals surface area (Å²) in [6.45, 7) is 8.00. The van der Waals surface area contributed by atoms with Crippen LogP contribution in [0, 0.1) is 12.8 Å². The van der Waals surface area contributed by atoms with Crippen molar-refractivity contribution in [1.29, 1.82) is 0 Å². The van der Waals surface area contributed by atoms with Gasteiger partial charge in [0.15, 0.2) is 0 Å². The highest BCUT2D eigenvalue weighted by Gasteiger charge is 2.26. The van der Waals surface area contributed by atoms with Gasteiger partial charge in [-0.3, -0.25) is 4.79 Å². The largest absolute Gasteiger partial charge is 0.462 e. The summed E-state index contributed by atoms with van der Waals surface area (Å²) in [5.74, 6) is -0.526. The summed E-state index contributed by atoms with van der Waals surface area (Å²) in [7, 11) is 0. The van der Waals surface area contributed by atoms with Gasteiger partial charge in [0.2, 0.25) is 5.91 Å². The fourth-order valence-corrected chi connectivity index (χ4v) is 4.20. The van der Waals surface area contributed by atoms with Crippen molar-refractivity contribution in [2.45, 2.75) is 40.5 Å². The minimum absolute atomic E-state index is 0.0517. The highest BCUT2D eigenvalue weighted by Crippen LogP contribution is 2.41. The lowest BCUT2D eigenvalue weighted by Crippen LogP contribution is -2.22. The van der Waals surface area contributed by atoms with Crippen LogP contribution in [0.25, 0.3) is 11.1 Å². The number of nitrogens with one attached hydrogen (secondary N) is 1. The fraction of sp³-hybridized carbons (Fsp3) is 0.400. The first-order chi connectivity index (χ1) is 12.4. The predicted molar refractivity (Wildman–Crippen MR) is 111 cm³/mol. The molecule has 1 aromatic carbocycles. The molecular weight excluding hydrogens is 414 g/mol. The van der Waals surface area contributed by atoms with Gasteiger partial charge in [-0.05, 0) is 44.4 Å². The van der Waals surface area contributed by atoms with Crippen LogP contribution in [0.4, 0.5) is 5.00 Å². The smallest absolute Gasteiger partial charge is 0.341 e. The van der Waals surface area contributed by atoms with Gasteiger partial charge in [-0.15, -0.1) is 11.3 Å². The minimum atomic E-state index is -0.408. The van der Waals surface area contributed by atoms with Crippen molar-refractivity contribution in [1.82, 2.24) is 0 Å². The molecule has 2 rings (SSSR count). The number of aryl methyl sites for hydroxylation is 1. The molecule has 0 aliphatic rings. The average molecular weight is 438 g/mol. The number of carbonyl (C=O) groups is 2. The van der Waals surface area contributed by atoms with E-state index in [1.54, 1.807) is 6.92 Å². The molecule has 0 saturated carbocycles. The van der Waals surface area contributed by atoms with Crippen LogP contribution in [0.5, 0.6) is 0 Å². The summed E-state index contributed by atoms with van der Waals surface area (Å²) >= 11 is 4.85. The predicted octanol–water partition coefficient (Wildman–Crippen LogP) is 6.04. The number of rotatable bonds is 7. The number of anilines is 1. The SMILES string of the molecule is CCOC(=O)c1c(NC(=O)C(CC)CC)sc(C)c1-c1ccc(Br)cc1. The number of halogens is 1. The molecule has 0 aliphatic heterocycles. The molecule has 1 heterocycles. The number of esters is 1.